The van der Waals surface area contributed by atoms with Crippen LogP contribution in [0.2, 0.25) is 0 Å². The van der Waals surface area contributed by atoms with Crippen LogP contribution in [0.25, 0.3) is 0 Å². The maximum Gasteiger partial charge on any atom is 0.327 e. The van der Waals surface area contributed by atoms with Gasteiger partial charge >= 0.3 is 5.97 Å². The van der Waals surface area contributed by atoms with Crippen LogP contribution in [-0.4, -0.2) is 30.8 Å². The van der Waals surface area contributed by atoms with Crippen molar-refractivity contribution in [2.45, 2.75) is 17.9 Å². The Labute approximate surface area is 110 Å². The van der Waals surface area contributed by atoms with Crippen molar-refractivity contribution in [3.05, 3.63) is 24.3 Å². The van der Waals surface area contributed by atoms with Crippen LogP contribution in [0.15, 0.2) is 29.2 Å². The van der Waals surface area contributed by atoms with Crippen LogP contribution in [0.4, 0.5) is 5.69 Å². The number of thioether (sulfide) groups is 1. The van der Waals surface area contributed by atoms with Gasteiger partial charge in [-0.2, -0.15) is 0 Å². The van der Waals surface area contributed by atoms with E-state index in [-0.39, 0.29) is 17.6 Å². The van der Waals surface area contributed by atoms with Crippen molar-refractivity contribution < 1.29 is 14.3 Å². The van der Waals surface area contributed by atoms with Gasteiger partial charge in [-0.3, -0.25) is 4.79 Å². The third kappa shape index (κ3) is 4.29. The molecular weight excluding hydrogens is 252 g/mol. The Bertz CT molecular complexity index is 437. The number of hydrogen-bond acceptors (Lipinski definition) is 5. The maximum absolute atomic E-state index is 11.3. The maximum atomic E-state index is 11.3. The van der Waals surface area contributed by atoms with E-state index in [1.165, 1.54) is 18.9 Å². The minimum Gasteiger partial charge on any atom is -0.467 e. The van der Waals surface area contributed by atoms with Crippen molar-refractivity contribution in [2.24, 2.45) is 5.73 Å². The fraction of sp³-hybridized carbons (Fsp3) is 0.333. The molecule has 1 unspecified atom stereocenters. The summed E-state index contributed by atoms with van der Waals surface area (Å²) in [6.07, 6.45) is 0. The first-order valence-corrected chi connectivity index (χ1v) is 6.37. The highest BCUT2D eigenvalue weighted by Gasteiger charge is 2.14. The summed E-state index contributed by atoms with van der Waals surface area (Å²) in [7, 11) is 1.34. The van der Waals surface area contributed by atoms with Gasteiger partial charge in [0.2, 0.25) is 5.91 Å². The number of methoxy groups -OCH3 is 1. The Morgan fingerprint density at radius 2 is 2.11 bits per heavy atom. The standard InChI is InChI=1S/C12H16N2O3S/c1-8(12(16)17-2)14-9-5-3-4-6-10(9)18-7-11(13)15/h3-6,8,14H,7H2,1-2H3,(H2,13,15). The second-order valence-electron chi connectivity index (χ2n) is 3.64. The first kappa shape index (κ1) is 14.4. The molecule has 0 aliphatic carbocycles. The summed E-state index contributed by atoms with van der Waals surface area (Å²) < 4.78 is 4.64. The number of carbonyl (C=O) groups excluding carboxylic acids is 2. The fourth-order valence-corrected chi connectivity index (χ4v) is 2.08. The second kappa shape index (κ2) is 6.90. The topological polar surface area (TPSA) is 81.4 Å². The van der Waals surface area contributed by atoms with Gasteiger partial charge in [0, 0.05) is 10.6 Å². The van der Waals surface area contributed by atoms with Gasteiger partial charge in [0.15, 0.2) is 0 Å². The molecule has 1 amide bonds. The van der Waals surface area contributed by atoms with E-state index in [0.717, 1.165) is 10.6 Å². The summed E-state index contributed by atoms with van der Waals surface area (Å²) in [5, 5.41) is 3.04. The van der Waals surface area contributed by atoms with Crippen LogP contribution in [0.5, 0.6) is 0 Å². The van der Waals surface area contributed by atoms with E-state index in [4.69, 9.17) is 5.73 Å². The number of nitrogens with one attached hydrogen (secondary N) is 1. The number of amides is 1. The second-order valence-corrected chi connectivity index (χ2v) is 4.66. The van der Waals surface area contributed by atoms with E-state index < -0.39 is 6.04 Å². The number of ether oxygens (including phenoxy) is 1. The lowest BCUT2D eigenvalue weighted by Crippen LogP contribution is -2.27. The molecule has 1 atom stereocenters. The largest absolute Gasteiger partial charge is 0.467 e. The van der Waals surface area contributed by atoms with Gasteiger partial charge in [-0.15, -0.1) is 11.8 Å². The molecular formula is C12H16N2O3S. The number of hydrogen-bond donors (Lipinski definition) is 2. The number of para-hydroxylation sites is 1. The molecule has 6 heteroatoms. The Morgan fingerprint density at radius 1 is 1.44 bits per heavy atom. The molecule has 0 aliphatic heterocycles. The number of nitrogens with two attached hydrogens (primary N) is 1. The number of primary amides is 1. The zero-order valence-corrected chi connectivity index (χ0v) is 11.1. The monoisotopic (exact) mass is 268 g/mol. The summed E-state index contributed by atoms with van der Waals surface area (Å²) in [5.41, 5.74) is 5.89. The smallest absolute Gasteiger partial charge is 0.327 e. The van der Waals surface area contributed by atoms with Crippen molar-refractivity contribution >= 4 is 29.3 Å². The van der Waals surface area contributed by atoms with Gasteiger partial charge in [0.25, 0.3) is 0 Å². The molecule has 0 saturated heterocycles. The minimum absolute atomic E-state index is 0.200. The highest BCUT2D eigenvalue weighted by molar-refractivity contribution is 8.00. The number of benzene rings is 1. The van der Waals surface area contributed by atoms with Crippen LogP contribution in [0, 0.1) is 0 Å². The normalized spacial score (nSPS) is 11.7. The highest BCUT2D eigenvalue weighted by atomic mass is 32.2. The van der Waals surface area contributed by atoms with Crippen molar-refractivity contribution in [1.29, 1.82) is 0 Å². The molecule has 1 aromatic carbocycles. The summed E-state index contributed by atoms with van der Waals surface area (Å²) >= 11 is 1.33. The molecule has 0 bridgehead atoms. The molecule has 3 N–H and O–H groups in total. The lowest BCUT2D eigenvalue weighted by atomic mass is 10.2. The first-order valence-electron chi connectivity index (χ1n) is 5.39. The molecule has 98 valence electrons. The van der Waals surface area contributed by atoms with Gasteiger partial charge in [0.1, 0.15) is 6.04 Å². The van der Waals surface area contributed by atoms with Crippen LogP contribution in [0.3, 0.4) is 0 Å². The average Bonchev–Trinajstić information content (AvgIpc) is 2.36. The van der Waals surface area contributed by atoms with Crippen LogP contribution in [-0.2, 0) is 14.3 Å². The summed E-state index contributed by atoms with van der Waals surface area (Å²) in [5.74, 6) is -0.522. The number of carbonyl (C=O) groups is 2. The molecule has 18 heavy (non-hydrogen) atoms. The van der Waals surface area contributed by atoms with Gasteiger partial charge in [-0.05, 0) is 19.1 Å². The number of esters is 1. The van der Waals surface area contributed by atoms with E-state index in [0.29, 0.717) is 0 Å². The third-order valence-corrected chi connectivity index (χ3v) is 3.28. The Morgan fingerprint density at radius 3 is 2.72 bits per heavy atom. The molecule has 1 aromatic rings. The van der Waals surface area contributed by atoms with Gasteiger partial charge in [0.05, 0.1) is 12.9 Å². The Balaban J connectivity index is 2.75. The highest BCUT2D eigenvalue weighted by Crippen LogP contribution is 2.27. The summed E-state index contributed by atoms with van der Waals surface area (Å²) in [4.78, 5) is 23.0. The molecule has 0 aromatic heterocycles. The van der Waals surface area contributed by atoms with Crippen molar-refractivity contribution in [3.63, 3.8) is 0 Å². The Hall–Kier alpha value is -1.69. The van der Waals surface area contributed by atoms with Crippen LogP contribution < -0.4 is 11.1 Å². The average molecular weight is 268 g/mol. The van der Waals surface area contributed by atoms with Crippen LogP contribution in [0.1, 0.15) is 6.92 Å². The van der Waals surface area contributed by atoms with Gasteiger partial charge < -0.3 is 15.8 Å². The zero-order valence-electron chi connectivity index (χ0n) is 10.3. The molecule has 0 saturated carbocycles. The van der Waals surface area contributed by atoms with Crippen molar-refractivity contribution in [3.8, 4) is 0 Å². The third-order valence-electron chi connectivity index (χ3n) is 2.18. The van der Waals surface area contributed by atoms with E-state index in [9.17, 15) is 9.59 Å². The van der Waals surface area contributed by atoms with E-state index in [2.05, 4.69) is 10.1 Å². The number of rotatable bonds is 6. The molecule has 0 heterocycles. The summed E-state index contributed by atoms with van der Waals surface area (Å²) in [6, 6.07) is 6.95. The van der Waals surface area contributed by atoms with E-state index in [1.807, 2.05) is 24.3 Å². The molecule has 0 radical (unpaired) electrons. The minimum atomic E-state index is -0.453. The molecule has 0 aliphatic rings. The molecule has 0 fully saturated rings. The first-order chi connectivity index (χ1) is 8.54. The Kier molecular flexibility index (Phi) is 5.51. The van der Waals surface area contributed by atoms with Gasteiger partial charge in [-0.25, -0.2) is 4.79 Å². The SMILES string of the molecule is COC(=O)C(C)Nc1ccccc1SCC(N)=O. The molecule has 5 nitrogen and oxygen atoms in total. The van der Waals surface area contributed by atoms with Crippen LogP contribution >= 0.6 is 11.8 Å². The van der Waals surface area contributed by atoms with E-state index >= 15 is 0 Å². The quantitative estimate of drug-likeness (QED) is 0.599. The zero-order chi connectivity index (χ0) is 13.5. The molecule has 1 rings (SSSR count). The predicted molar refractivity (Wildman–Crippen MR) is 71.5 cm³/mol. The number of anilines is 1. The van der Waals surface area contributed by atoms with Crippen molar-refractivity contribution in [1.82, 2.24) is 0 Å². The van der Waals surface area contributed by atoms with E-state index in [1.54, 1.807) is 6.92 Å². The van der Waals surface area contributed by atoms with Crippen molar-refractivity contribution in [2.75, 3.05) is 18.2 Å². The molecule has 0 spiro atoms. The fourth-order valence-electron chi connectivity index (χ4n) is 1.33. The van der Waals surface area contributed by atoms with Gasteiger partial charge in [-0.1, -0.05) is 12.1 Å². The lowest BCUT2D eigenvalue weighted by Gasteiger charge is -2.15. The lowest BCUT2D eigenvalue weighted by molar-refractivity contribution is -0.141. The predicted octanol–water partition coefficient (Wildman–Crippen LogP) is 1.24. The summed E-state index contributed by atoms with van der Waals surface area (Å²) in [6.45, 7) is 1.71.